The van der Waals surface area contributed by atoms with Crippen molar-refractivity contribution in [1.82, 2.24) is 10.6 Å². The molecule has 0 saturated heterocycles. The highest BCUT2D eigenvalue weighted by molar-refractivity contribution is 6.04. The van der Waals surface area contributed by atoms with E-state index >= 15 is 0 Å². The maximum atomic E-state index is 12.8. The summed E-state index contributed by atoms with van der Waals surface area (Å²) < 4.78 is 0. The van der Waals surface area contributed by atoms with Crippen LogP contribution in [0.25, 0.3) is 11.1 Å². The van der Waals surface area contributed by atoms with Gasteiger partial charge in [0.25, 0.3) is 0 Å². The molecule has 0 spiro atoms. The second-order valence-electron chi connectivity index (χ2n) is 16.6. The monoisotopic (exact) mass is 758 g/mol. The Morgan fingerprint density at radius 2 is 1.09 bits per heavy atom. The van der Waals surface area contributed by atoms with Gasteiger partial charge in [-0.1, -0.05) is 114 Å². The first kappa shape index (κ1) is 42.4. The van der Waals surface area contributed by atoms with Crippen molar-refractivity contribution in [3.05, 3.63) is 58.7 Å². The van der Waals surface area contributed by atoms with E-state index in [9.17, 15) is 19.8 Å². The Bertz CT molecular complexity index is 1510. The Labute approximate surface area is 328 Å². The minimum absolute atomic E-state index is 0.0442. The van der Waals surface area contributed by atoms with Crippen LogP contribution in [-0.4, -0.2) is 60.1 Å². The van der Waals surface area contributed by atoms with Gasteiger partial charge in [0.1, 0.15) is 0 Å². The SMILES string of the molecule is CCC(C)C/C(=N\OC(=O)NCC1CCCCC1)c1ccc2c(c1)-c1cc(/C(CC(C)CC)=N/OC(=O)NCC3CCCCC3)ccc1C2(CCO)CCO. The van der Waals surface area contributed by atoms with Gasteiger partial charge in [0.15, 0.2) is 0 Å². The zero-order valence-electron chi connectivity index (χ0n) is 33.8. The van der Waals surface area contributed by atoms with E-state index < -0.39 is 17.6 Å². The number of nitrogens with one attached hydrogen (secondary N) is 2. The van der Waals surface area contributed by atoms with Crippen LogP contribution in [0.4, 0.5) is 9.59 Å². The minimum atomic E-state index is -0.599. The highest BCUT2D eigenvalue weighted by Crippen LogP contribution is 2.53. The Morgan fingerprint density at radius 3 is 1.45 bits per heavy atom. The second-order valence-corrected chi connectivity index (χ2v) is 16.6. The largest absolute Gasteiger partial charge is 0.433 e. The Kier molecular flexibility index (Phi) is 16.1. The summed E-state index contributed by atoms with van der Waals surface area (Å²) in [5.41, 5.74) is 6.49. The lowest BCUT2D eigenvalue weighted by Crippen LogP contribution is -2.30. The molecule has 4 N–H and O–H groups in total. The van der Waals surface area contributed by atoms with Crippen molar-refractivity contribution < 1.29 is 29.5 Å². The maximum Gasteiger partial charge on any atom is 0.433 e. The number of carbonyl (C=O) groups excluding carboxylic acids is 2. The summed E-state index contributed by atoms with van der Waals surface area (Å²) in [7, 11) is 0. The summed E-state index contributed by atoms with van der Waals surface area (Å²) in [5, 5.41) is 35.5. The topological polar surface area (TPSA) is 142 Å². The van der Waals surface area contributed by atoms with Crippen LogP contribution in [0.2, 0.25) is 0 Å². The van der Waals surface area contributed by atoms with Crippen LogP contribution in [0.15, 0.2) is 46.7 Å². The summed E-state index contributed by atoms with van der Waals surface area (Å²) in [5.74, 6) is 1.58. The Morgan fingerprint density at radius 1 is 0.691 bits per heavy atom. The van der Waals surface area contributed by atoms with Crippen LogP contribution < -0.4 is 10.6 Å². The molecule has 0 aliphatic heterocycles. The number of nitrogens with zero attached hydrogens (tertiary/aromatic N) is 2. The van der Waals surface area contributed by atoms with Gasteiger partial charge in [0.2, 0.25) is 0 Å². The molecule has 2 saturated carbocycles. The van der Waals surface area contributed by atoms with E-state index in [0.29, 0.717) is 73.9 Å². The molecule has 55 heavy (non-hydrogen) atoms. The van der Waals surface area contributed by atoms with Gasteiger partial charge in [-0.3, -0.25) is 9.68 Å². The standard InChI is InChI=1S/C45H66N4O6/c1-5-31(3)25-41(48-54-43(52)46-29-33-13-9-7-10-14-33)35-17-19-39-37(27-35)38-28-36(18-20-40(38)45(39,21-23-50)22-24-51)42(26-32(4)6-2)49-55-44(53)47-30-34-15-11-8-12-16-34/h17-20,27-28,31-34,50-51H,5-16,21-26,29-30H2,1-4H3,(H,46,52)(H,47,53)/b48-41+,49-42+. The number of hydrogen-bond donors (Lipinski definition) is 4. The van der Waals surface area contributed by atoms with Crippen molar-refractivity contribution in [3.8, 4) is 11.1 Å². The molecule has 0 radical (unpaired) electrons. The van der Waals surface area contributed by atoms with Crippen molar-refractivity contribution in [2.24, 2.45) is 34.0 Å². The number of rotatable bonds is 18. The zero-order chi connectivity index (χ0) is 39.2. The predicted octanol–water partition coefficient (Wildman–Crippen LogP) is 9.61. The van der Waals surface area contributed by atoms with Crippen molar-refractivity contribution in [3.63, 3.8) is 0 Å². The fourth-order valence-corrected chi connectivity index (χ4v) is 8.78. The number of aliphatic hydroxyl groups excluding tert-OH is 2. The molecule has 10 nitrogen and oxygen atoms in total. The molecule has 10 heteroatoms. The molecule has 2 aromatic carbocycles. The van der Waals surface area contributed by atoms with E-state index in [1.807, 2.05) is 12.1 Å². The predicted molar refractivity (Wildman–Crippen MR) is 219 cm³/mol. The minimum Gasteiger partial charge on any atom is -0.396 e. The molecule has 2 atom stereocenters. The lowest BCUT2D eigenvalue weighted by Gasteiger charge is -2.31. The fourth-order valence-electron chi connectivity index (χ4n) is 8.78. The number of amides is 2. The summed E-state index contributed by atoms with van der Waals surface area (Å²) in [6, 6.07) is 12.4. The molecule has 3 aliphatic carbocycles. The van der Waals surface area contributed by atoms with Crippen LogP contribution >= 0.6 is 0 Å². The van der Waals surface area contributed by atoms with E-state index in [0.717, 1.165) is 71.9 Å². The molecule has 302 valence electrons. The lowest BCUT2D eigenvalue weighted by atomic mass is 9.73. The Balaban J connectivity index is 1.48. The fraction of sp³-hybridized carbons (Fsp3) is 0.644. The molecule has 2 unspecified atom stereocenters. The molecule has 0 aromatic heterocycles. The number of aliphatic hydroxyl groups is 2. The summed E-state index contributed by atoms with van der Waals surface area (Å²) in [6.07, 6.45) is 14.8. The third kappa shape index (κ3) is 11.2. The molecule has 5 rings (SSSR count). The molecule has 0 bridgehead atoms. The quantitative estimate of drug-likeness (QED) is 0.0678. The smallest absolute Gasteiger partial charge is 0.396 e. The van der Waals surface area contributed by atoms with E-state index in [1.165, 1.54) is 38.5 Å². The number of fused-ring (bicyclic) bond motifs is 3. The lowest BCUT2D eigenvalue weighted by molar-refractivity contribution is 0.146. The van der Waals surface area contributed by atoms with Crippen molar-refractivity contribution >= 4 is 23.6 Å². The van der Waals surface area contributed by atoms with E-state index in [-0.39, 0.29) is 13.2 Å². The average Bonchev–Trinajstić information content (AvgIpc) is 3.47. The summed E-state index contributed by atoms with van der Waals surface area (Å²) in [6.45, 7) is 9.72. The van der Waals surface area contributed by atoms with Gasteiger partial charge < -0.3 is 20.8 Å². The van der Waals surface area contributed by atoms with Gasteiger partial charge >= 0.3 is 12.2 Å². The van der Waals surface area contributed by atoms with Gasteiger partial charge in [0, 0.05) is 31.7 Å². The second kappa shape index (κ2) is 21.0. The van der Waals surface area contributed by atoms with Crippen LogP contribution in [-0.2, 0) is 15.1 Å². The Hall–Kier alpha value is -3.76. The molecule has 2 aromatic rings. The number of hydrogen-bond acceptors (Lipinski definition) is 8. The van der Waals surface area contributed by atoms with Gasteiger partial charge in [-0.2, -0.15) is 0 Å². The van der Waals surface area contributed by atoms with Crippen LogP contribution in [0.5, 0.6) is 0 Å². The zero-order valence-corrected chi connectivity index (χ0v) is 33.8. The maximum absolute atomic E-state index is 12.8. The normalized spacial score (nSPS) is 18.6. The third-order valence-electron chi connectivity index (χ3n) is 12.6. The number of oxime groups is 2. The van der Waals surface area contributed by atoms with Crippen molar-refractivity contribution in [2.75, 3.05) is 26.3 Å². The average molecular weight is 759 g/mol. The summed E-state index contributed by atoms with van der Waals surface area (Å²) in [4.78, 5) is 36.7. The first-order chi connectivity index (χ1) is 26.7. The van der Waals surface area contributed by atoms with E-state index in [4.69, 9.17) is 9.68 Å². The highest BCUT2D eigenvalue weighted by atomic mass is 16.7. The number of carbonyl (C=O) groups is 2. The first-order valence-corrected chi connectivity index (χ1v) is 21.3. The van der Waals surface area contributed by atoms with Gasteiger partial charge in [-0.25, -0.2) is 9.59 Å². The molecular weight excluding hydrogens is 693 g/mol. The van der Waals surface area contributed by atoms with Gasteiger partial charge in [-0.15, -0.1) is 0 Å². The molecule has 2 amide bonds. The molecule has 3 aliphatic rings. The number of benzene rings is 2. The van der Waals surface area contributed by atoms with E-state index in [1.54, 1.807) is 0 Å². The van der Waals surface area contributed by atoms with Crippen LogP contribution in [0, 0.1) is 23.7 Å². The van der Waals surface area contributed by atoms with Crippen LogP contribution in [0.3, 0.4) is 0 Å². The van der Waals surface area contributed by atoms with Crippen molar-refractivity contribution in [2.45, 2.75) is 136 Å². The van der Waals surface area contributed by atoms with E-state index in [2.05, 4.69) is 72.9 Å². The van der Waals surface area contributed by atoms with Crippen molar-refractivity contribution in [1.29, 1.82) is 0 Å². The highest BCUT2D eigenvalue weighted by Gasteiger charge is 2.43. The molecular formula is C45H66N4O6. The molecule has 0 heterocycles. The van der Waals surface area contributed by atoms with Crippen LogP contribution in [0.1, 0.15) is 153 Å². The third-order valence-corrected chi connectivity index (χ3v) is 12.6. The first-order valence-electron chi connectivity index (χ1n) is 21.3. The van der Waals surface area contributed by atoms with Gasteiger partial charge in [0.05, 0.1) is 11.4 Å². The molecule has 2 fully saturated rings. The van der Waals surface area contributed by atoms with Gasteiger partial charge in [-0.05, 0) is 121 Å². The summed E-state index contributed by atoms with van der Waals surface area (Å²) >= 11 is 0.